The number of benzene rings is 2. The molecule has 0 atom stereocenters. The molecule has 3 rings (SSSR count). The Morgan fingerprint density at radius 2 is 1.96 bits per heavy atom. The molecule has 0 saturated heterocycles. The molecule has 1 heterocycles. The van der Waals surface area contributed by atoms with Crippen LogP contribution in [0, 0.1) is 0 Å². The van der Waals surface area contributed by atoms with E-state index in [1.807, 2.05) is 30.3 Å². The molecular weight excluding hydrogens is 312 g/mol. The van der Waals surface area contributed by atoms with Crippen LogP contribution >= 0.6 is 11.6 Å². The van der Waals surface area contributed by atoms with Crippen molar-refractivity contribution in [3.05, 3.63) is 65.3 Å². The third-order valence-electron chi connectivity index (χ3n) is 3.43. The molecule has 0 aliphatic carbocycles. The average Bonchev–Trinajstić information content (AvgIpc) is 2.64. The summed E-state index contributed by atoms with van der Waals surface area (Å²) in [5.74, 6) is -0.112. The van der Waals surface area contributed by atoms with Crippen molar-refractivity contribution < 1.29 is 4.79 Å². The molecule has 6 heteroatoms. The summed E-state index contributed by atoms with van der Waals surface area (Å²) >= 11 is 6.12. The molecule has 0 radical (unpaired) electrons. The van der Waals surface area contributed by atoms with Crippen molar-refractivity contribution in [2.24, 2.45) is 10.7 Å². The van der Waals surface area contributed by atoms with Crippen LogP contribution in [0.4, 0.5) is 17.1 Å². The predicted molar refractivity (Wildman–Crippen MR) is 93.5 cm³/mol. The van der Waals surface area contributed by atoms with Crippen molar-refractivity contribution in [2.75, 3.05) is 11.9 Å². The van der Waals surface area contributed by atoms with Crippen molar-refractivity contribution >= 4 is 40.4 Å². The summed E-state index contributed by atoms with van der Waals surface area (Å²) in [4.78, 5) is 19.0. The summed E-state index contributed by atoms with van der Waals surface area (Å²) in [6.07, 6.45) is 1.55. The first-order chi connectivity index (χ1) is 11.1. The molecule has 1 amide bonds. The fourth-order valence-electron chi connectivity index (χ4n) is 2.41. The van der Waals surface area contributed by atoms with Gasteiger partial charge in [-0.1, -0.05) is 29.8 Å². The monoisotopic (exact) mass is 326 g/mol. The Labute approximate surface area is 139 Å². The van der Waals surface area contributed by atoms with Gasteiger partial charge in [-0.25, -0.2) is 4.99 Å². The summed E-state index contributed by atoms with van der Waals surface area (Å²) in [6.45, 7) is 0. The highest BCUT2D eigenvalue weighted by Crippen LogP contribution is 2.39. The van der Waals surface area contributed by atoms with Gasteiger partial charge in [0.05, 0.1) is 16.9 Å². The number of para-hydroxylation sites is 1. The lowest BCUT2D eigenvalue weighted by molar-refractivity contribution is -0.114. The lowest BCUT2D eigenvalue weighted by atomic mass is 10.1. The lowest BCUT2D eigenvalue weighted by Gasteiger charge is -2.23. The van der Waals surface area contributed by atoms with Crippen LogP contribution in [-0.4, -0.2) is 18.8 Å². The second-order valence-electron chi connectivity index (χ2n) is 4.95. The molecule has 23 heavy (non-hydrogen) atoms. The maximum absolute atomic E-state index is 13.0. The van der Waals surface area contributed by atoms with Gasteiger partial charge in [0.2, 0.25) is 0 Å². The Bertz CT molecular complexity index is 815. The molecule has 0 fully saturated rings. The number of hydrogen-bond acceptors (Lipinski definition) is 4. The Balaban J connectivity index is 2.27. The van der Waals surface area contributed by atoms with Crippen LogP contribution in [0.15, 0.2) is 65.3 Å². The normalized spacial score (nSPS) is 15.9. The average molecular weight is 327 g/mol. The minimum absolute atomic E-state index is 0.159. The van der Waals surface area contributed by atoms with E-state index in [4.69, 9.17) is 17.3 Å². The number of anilines is 2. The van der Waals surface area contributed by atoms with E-state index in [-0.39, 0.29) is 11.7 Å². The van der Waals surface area contributed by atoms with Crippen molar-refractivity contribution in [2.45, 2.75) is 0 Å². The van der Waals surface area contributed by atoms with Crippen LogP contribution in [0.25, 0.3) is 0 Å². The van der Waals surface area contributed by atoms with Crippen LogP contribution in [0.3, 0.4) is 0 Å². The molecule has 0 bridgehead atoms. The van der Waals surface area contributed by atoms with Crippen molar-refractivity contribution in [3.63, 3.8) is 0 Å². The van der Waals surface area contributed by atoms with Gasteiger partial charge in [0.1, 0.15) is 5.84 Å². The summed E-state index contributed by atoms with van der Waals surface area (Å²) in [5.41, 5.74) is 8.20. The highest BCUT2D eigenvalue weighted by atomic mass is 35.5. The first-order valence-electron chi connectivity index (χ1n) is 7.03. The molecule has 1 aliphatic heterocycles. The van der Waals surface area contributed by atoms with E-state index < -0.39 is 0 Å². The van der Waals surface area contributed by atoms with Crippen LogP contribution < -0.4 is 16.0 Å². The number of halogens is 1. The van der Waals surface area contributed by atoms with Gasteiger partial charge in [-0.2, -0.15) is 0 Å². The number of carbonyl (C=O) groups is 1. The van der Waals surface area contributed by atoms with Gasteiger partial charge in [-0.3, -0.25) is 9.69 Å². The second-order valence-corrected chi connectivity index (χ2v) is 5.39. The highest BCUT2D eigenvalue weighted by molar-refractivity contribution is 6.32. The molecule has 0 aromatic heterocycles. The largest absolute Gasteiger partial charge is 0.393 e. The van der Waals surface area contributed by atoms with E-state index >= 15 is 0 Å². The van der Waals surface area contributed by atoms with E-state index in [0.717, 1.165) is 0 Å². The molecule has 2 aromatic rings. The number of aliphatic imine (C=N–C) groups is 1. The van der Waals surface area contributed by atoms with Crippen LogP contribution in [0.2, 0.25) is 5.02 Å². The zero-order valence-corrected chi connectivity index (χ0v) is 13.2. The maximum atomic E-state index is 13.0. The standard InChI is InChI=1S/C17H15ClN4O/c1-20-10-13-16(19)21-14-8-7-11(18)9-15(14)22(17(13)23)12-5-3-2-4-6-12/h2-10,20H,1H3,(H2,19,21)/b13-10+. The van der Waals surface area contributed by atoms with Gasteiger partial charge in [-0.15, -0.1) is 0 Å². The van der Waals surface area contributed by atoms with Crippen molar-refractivity contribution in [1.29, 1.82) is 0 Å². The van der Waals surface area contributed by atoms with Gasteiger partial charge in [0, 0.05) is 24.0 Å². The van der Waals surface area contributed by atoms with Gasteiger partial charge < -0.3 is 11.1 Å². The van der Waals surface area contributed by atoms with Crippen molar-refractivity contribution in [1.82, 2.24) is 5.32 Å². The quantitative estimate of drug-likeness (QED) is 0.833. The van der Waals surface area contributed by atoms with Gasteiger partial charge in [0.25, 0.3) is 5.91 Å². The van der Waals surface area contributed by atoms with E-state index in [1.54, 1.807) is 36.3 Å². The SMILES string of the molecule is CN/C=C1/C(=O)N(c2ccccc2)c2cc(Cl)ccc2N=C1N. The first-order valence-corrected chi connectivity index (χ1v) is 7.40. The third kappa shape index (κ3) is 2.78. The zero-order valence-electron chi connectivity index (χ0n) is 12.5. The molecule has 0 saturated carbocycles. The smallest absolute Gasteiger partial charge is 0.268 e. The third-order valence-corrected chi connectivity index (χ3v) is 3.67. The van der Waals surface area contributed by atoms with Crippen LogP contribution in [0.1, 0.15) is 0 Å². The Kier molecular flexibility index (Phi) is 4.04. The number of carbonyl (C=O) groups excluding carboxylic acids is 1. The van der Waals surface area contributed by atoms with E-state index in [1.165, 1.54) is 0 Å². The summed E-state index contributed by atoms with van der Waals surface area (Å²) in [5, 5.41) is 3.36. The first kappa shape index (κ1) is 15.1. The predicted octanol–water partition coefficient (Wildman–Crippen LogP) is 3.11. The molecule has 0 spiro atoms. The topological polar surface area (TPSA) is 70.7 Å². The number of nitrogens with one attached hydrogen (secondary N) is 1. The van der Waals surface area contributed by atoms with Gasteiger partial charge >= 0.3 is 0 Å². The number of nitrogens with zero attached hydrogens (tertiary/aromatic N) is 2. The molecule has 116 valence electrons. The number of nitrogens with two attached hydrogens (primary N) is 1. The van der Waals surface area contributed by atoms with Gasteiger partial charge in [0.15, 0.2) is 0 Å². The van der Waals surface area contributed by atoms with E-state index in [0.29, 0.717) is 27.7 Å². The Hall–Kier alpha value is -2.79. The minimum atomic E-state index is -0.271. The van der Waals surface area contributed by atoms with Crippen LogP contribution in [-0.2, 0) is 4.79 Å². The highest BCUT2D eigenvalue weighted by Gasteiger charge is 2.29. The summed E-state index contributed by atoms with van der Waals surface area (Å²) < 4.78 is 0. The second kappa shape index (κ2) is 6.14. The van der Waals surface area contributed by atoms with E-state index in [9.17, 15) is 4.79 Å². The molecule has 0 unspecified atom stereocenters. The molecule has 5 nitrogen and oxygen atoms in total. The van der Waals surface area contributed by atoms with E-state index in [2.05, 4.69) is 10.3 Å². The molecule has 3 N–H and O–H groups in total. The fraction of sp³-hybridized carbons (Fsp3) is 0.0588. The molecule has 1 aliphatic rings. The number of amides is 1. The van der Waals surface area contributed by atoms with Crippen LogP contribution in [0.5, 0.6) is 0 Å². The Morgan fingerprint density at radius 3 is 2.65 bits per heavy atom. The van der Waals surface area contributed by atoms with Gasteiger partial charge in [-0.05, 0) is 30.3 Å². The number of fused-ring (bicyclic) bond motifs is 1. The summed E-state index contributed by atoms with van der Waals surface area (Å²) in [6, 6.07) is 14.5. The lowest BCUT2D eigenvalue weighted by Crippen LogP contribution is -2.32. The molecular formula is C17H15ClN4O. The van der Waals surface area contributed by atoms with Crippen molar-refractivity contribution in [3.8, 4) is 0 Å². The summed E-state index contributed by atoms with van der Waals surface area (Å²) in [7, 11) is 1.70. The number of hydrogen-bond donors (Lipinski definition) is 2. The molecule has 2 aromatic carbocycles. The number of rotatable bonds is 2. The fourth-order valence-corrected chi connectivity index (χ4v) is 2.58. The zero-order chi connectivity index (χ0) is 16.4. The minimum Gasteiger partial charge on any atom is -0.393 e. The maximum Gasteiger partial charge on any atom is 0.268 e. The number of amidine groups is 1. The Morgan fingerprint density at radius 1 is 1.22 bits per heavy atom.